The van der Waals surface area contributed by atoms with E-state index in [1.54, 1.807) is 24.1 Å². The molecule has 0 bridgehead atoms. The van der Waals surface area contributed by atoms with Gasteiger partial charge < -0.3 is 19.4 Å². The van der Waals surface area contributed by atoms with Crippen molar-refractivity contribution in [1.82, 2.24) is 9.88 Å². The number of carbonyl (C=O) groups excluding carboxylic acids is 1. The molecular formula is C20H20F2N2O3. The molecule has 0 spiro atoms. The summed E-state index contributed by atoms with van der Waals surface area (Å²) in [5.41, 5.74) is 3.23. The van der Waals surface area contributed by atoms with E-state index in [0.29, 0.717) is 12.2 Å². The second kappa shape index (κ2) is 7.65. The van der Waals surface area contributed by atoms with Crippen LogP contribution in [0, 0.1) is 6.92 Å². The second-order valence-corrected chi connectivity index (χ2v) is 6.30. The van der Waals surface area contributed by atoms with Crippen LogP contribution >= 0.6 is 0 Å². The molecule has 0 aliphatic carbocycles. The topological polar surface area (TPSA) is 54.6 Å². The van der Waals surface area contributed by atoms with Crippen LogP contribution in [0.5, 0.6) is 11.5 Å². The standard InChI is InChI=1S/C20H20F2N2O3/c1-12-4-6-14-10-16(23-15(14)8-12)19(25)24(2)11-13-5-7-17(27-20(21)22)18(9-13)26-3/h4-10,20,23H,11H2,1-3H3. The highest BCUT2D eigenvalue weighted by atomic mass is 19.3. The van der Waals surface area contributed by atoms with Crippen LogP contribution in [0.2, 0.25) is 0 Å². The van der Waals surface area contributed by atoms with Crippen LogP contribution in [-0.4, -0.2) is 36.6 Å². The minimum atomic E-state index is -2.93. The number of nitrogens with zero attached hydrogens (tertiary/aromatic N) is 1. The molecule has 0 fully saturated rings. The molecule has 1 aromatic heterocycles. The van der Waals surface area contributed by atoms with E-state index in [9.17, 15) is 13.6 Å². The molecule has 0 saturated heterocycles. The van der Waals surface area contributed by atoms with Crippen molar-refractivity contribution >= 4 is 16.8 Å². The summed E-state index contributed by atoms with van der Waals surface area (Å²) < 4.78 is 34.3. The third-order valence-corrected chi connectivity index (χ3v) is 4.22. The number of carbonyl (C=O) groups is 1. The van der Waals surface area contributed by atoms with E-state index in [1.807, 2.05) is 31.2 Å². The number of benzene rings is 2. The summed E-state index contributed by atoms with van der Waals surface area (Å²) in [5, 5.41) is 0.965. The largest absolute Gasteiger partial charge is 0.493 e. The van der Waals surface area contributed by atoms with Crippen LogP contribution in [0.3, 0.4) is 0 Å². The molecule has 7 heteroatoms. The Morgan fingerprint density at radius 2 is 1.93 bits per heavy atom. The summed E-state index contributed by atoms with van der Waals surface area (Å²) in [5.74, 6) is -0.0262. The summed E-state index contributed by atoms with van der Waals surface area (Å²) in [6.45, 7) is -0.652. The number of methoxy groups -OCH3 is 1. The first-order valence-corrected chi connectivity index (χ1v) is 8.34. The van der Waals surface area contributed by atoms with Gasteiger partial charge in [-0.3, -0.25) is 4.79 Å². The average Bonchev–Trinajstić information content (AvgIpc) is 3.04. The molecule has 5 nitrogen and oxygen atoms in total. The van der Waals surface area contributed by atoms with Crippen LogP contribution in [0.1, 0.15) is 21.6 Å². The number of hydrogen-bond acceptors (Lipinski definition) is 3. The van der Waals surface area contributed by atoms with Gasteiger partial charge in [0.15, 0.2) is 11.5 Å². The van der Waals surface area contributed by atoms with E-state index in [0.717, 1.165) is 22.0 Å². The molecule has 1 N–H and O–H groups in total. The van der Waals surface area contributed by atoms with Crippen LogP contribution in [0.15, 0.2) is 42.5 Å². The van der Waals surface area contributed by atoms with E-state index >= 15 is 0 Å². The first kappa shape index (κ1) is 18.7. The smallest absolute Gasteiger partial charge is 0.387 e. The number of halogens is 2. The van der Waals surface area contributed by atoms with E-state index in [4.69, 9.17) is 4.74 Å². The van der Waals surface area contributed by atoms with Gasteiger partial charge in [0.05, 0.1) is 7.11 Å². The van der Waals surface area contributed by atoms with Crippen LogP contribution in [0.4, 0.5) is 8.78 Å². The highest BCUT2D eigenvalue weighted by Gasteiger charge is 2.16. The molecule has 1 amide bonds. The predicted octanol–water partition coefficient (Wildman–Crippen LogP) is 4.36. The molecule has 0 aliphatic heterocycles. The Labute approximate surface area is 155 Å². The number of hydrogen-bond donors (Lipinski definition) is 1. The third-order valence-electron chi connectivity index (χ3n) is 4.22. The van der Waals surface area contributed by atoms with Gasteiger partial charge in [0.2, 0.25) is 0 Å². The fourth-order valence-corrected chi connectivity index (χ4v) is 2.91. The van der Waals surface area contributed by atoms with Crippen molar-refractivity contribution < 1.29 is 23.0 Å². The lowest BCUT2D eigenvalue weighted by atomic mass is 10.2. The summed E-state index contributed by atoms with van der Waals surface area (Å²) in [4.78, 5) is 17.4. The Kier molecular flexibility index (Phi) is 5.30. The van der Waals surface area contributed by atoms with Gasteiger partial charge in [0.25, 0.3) is 5.91 Å². The Bertz CT molecular complexity index is 969. The van der Waals surface area contributed by atoms with Gasteiger partial charge in [-0.15, -0.1) is 0 Å². The molecule has 0 aliphatic rings. The maximum atomic E-state index is 12.7. The van der Waals surface area contributed by atoms with Crippen molar-refractivity contribution in [3.8, 4) is 11.5 Å². The number of ether oxygens (including phenoxy) is 2. The number of H-pyrrole nitrogens is 1. The summed E-state index contributed by atoms with van der Waals surface area (Å²) in [7, 11) is 3.05. The van der Waals surface area contributed by atoms with Crippen LogP contribution in [0.25, 0.3) is 10.9 Å². The Morgan fingerprint density at radius 1 is 1.15 bits per heavy atom. The SMILES string of the molecule is COc1cc(CN(C)C(=O)c2cc3ccc(C)cc3[nH]2)ccc1OC(F)F. The Morgan fingerprint density at radius 3 is 2.63 bits per heavy atom. The molecule has 1 heterocycles. The van der Waals surface area contributed by atoms with Crippen molar-refractivity contribution in [3.05, 3.63) is 59.3 Å². The maximum Gasteiger partial charge on any atom is 0.387 e. The van der Waals surface area contributed by atoms with Crippen LogP contribution in [-0.2, 0) is 6.54 Å². The molecular weight excluding hydrogens is 354 g/mol. The van der Waals surface area contributed by atoms with Crippen molar-refractivity contribution in [2.24, 2.45) is 0 Å². The van der Waals surface area contributed by atoms with E-state index in [1.165, 1.54) is 13.2 Å². The maximum absolute atomic E-state index is 12.7. The predicted molar refractivity (Wildman–Crippen MR) is 98.5 cm³/mol. The van der Waals surface area contributed by atoms with E-state index in [2.05, 4.69) is 9.72 Å². The Balaban J connectivity index is 1.77. The Hall–Kier alpha value is -3.09. The minimum Gasteiger partial charge on any atom is -0.493 e. The van der Waals surface area contributed by atoms with E-state index in [-0.39, 0.29) is 17.4 Å². The average molecular weight is 374 g/mol. The molecule has 27 heavy (non-hydrogen) atoms. The number of amides is 1. The number of aryl methyl sites for hydroxylation is 1. The zero-order chi connectivity index (χ0) is 19.6. The summed E-state index contributed by atoms with van der Waals surface area (Å²) in [6, 6.07) is 12.4. The number of aromatic amines is 1. The number of aromatic nitrogens is 1. The number of fused-ring (bicyclic) bond motifs is 1. The minimum absolute atomic E-state index is 0.0452. The molecule has 3 rings (SSSR count). The van der Waals surface area contributed by atoms with Gasteiger partial charge in [-0.25, -0.2) is 0 Å². The van der Waals surface area contributed by atoms with Crippen LogP contribution < -0.4 is 9.47 Å². The summed E-state index contributed by atoms with van der Waals surface area (Å²) >= 11 is 0. The van der Waals surface area contributed by atoms with Gasteiger partial charge in [-0.1, -0.05) is 18.2 Å². The fourth-order valence-electron chi connectivity index (χ4n) is 2.91. The van der Waals surface area contributed by atoms with Gasteiger partial charge in [0, 0.05) is 24.5 Å². The lowest BCUT2D eigenvalue weighted by molar-refractivity contribution is -0.0512. The number of rotatable bonds is 6. The zero-order valence-corrected chi connectivity index (χ0v) is 15.3. The summed E-state index contributed by atoms with van der Waals surface area (Å²) in [6.07, 6.45) is 0. The highest BCUT2D eigenvalue weighted by molar-refractivity contribution is 5.98. The third kappa shape index (κ3) is 4.19. The van der Waals surface area contributed by atoms with Gasteiger partial charge >= 0.3 is 6.61 Å². The van der Waals surface area contributed by atoms with Crippen molar-refractivity contribution in [1.29, 1.82) is 0 Å². The number of alkyl halides is 2. The van der Waals surface area contributed by atoms with Crippen molar-refractivity contribution in [3.63, 3.8) is 0 Å². The fraction of sp³-hybridized carbons (Fsp3) is 0.250. The lowest BCUT2D eigenvalue weighted by Gasteiger charge is -2.18. The van der Waals surface area contributed by atoms with E-state index < -0.39 is 6.61 Å². The molecule has 0 radical (unpaired) electrons. The molecule has 0 unspecified atom stereocenters. The van der Waals surface area contributed by atoms with Gasteiger partial charge in [0.1, 0.15) is 5.69 Å². The van der Waals surface area contributed by atoms with Gasteiger partial charge in [-0.2, -0.15) is 8.78 Å². The first-order chi connectivity index (χ1) is 12.9. The monoisotopic (exact) mass is 374 g/mol. The lowest BCUT2D eigenvalue weighted by Crippen LogP contribution is -2.26. The highest BCUT2D eigenvalue weighted by Crippen LogP contribution is 2.30. The molecule has 142 valence electrons. The molecule has 2 aromatic carbocycles. The quantitative estimate of drug-likeness (QED) is 0.698. The molecule has 0 atom stereocenters. The van der Waals surface area contributed by atoms with Gasteiger partial charge in [-0.05, 0) is 42.3 Å². The zero-order valence-electron chi connectivity index (χ0n) is 15.3. The first-order valence-electron chi connectivity index (χ1n) is 8.34. The van der Waals surface area contributed by atoms with Crippen molar-refractivity contribution in [2.75, 3.05) is 14.2 Å². The number of nitrogens with one attached hydrogen (secondary N) is 1. The molecule has 0 saturated carbocycles. The molecule has 3 aromatic rings. The normalized spacial score (nSPS) is 11.0. The van der Waals surface area contributed by atoms with Crippen molar-refractivity contribution in [2.45, 2.75) is 20.1 Å². The second-order valence-electron chi connectivity index (χ2n) is 6.30.